The molecule has 2 saturated heterocycles. The SMILES string of the molecule is ClCc1nc2c(Cl)cccc2n1C1CCN2CCCCC12. The Morgan fingerprint density at radius 2 is 2.05 bits per heavy atom. The summed E-state index contributed by atoms with van der Waals surface area (Å²) in [6, 6.07) is 7.16. The van der Waals surface area contributed by atoms with Crippen LogP contribution in [-0.4, -0.2) is 33.6 Å². The molecule has 4 rings (SSSR count). The van der Waals surface area contributed by atoms with Gasteiger partial charge in [-0.1, -0.05) is 24.1 Å². The molecule has 0 spiro atoms. The molecule has 0 saturated carbocycles. The number of fused-ring (bicyclic) bond motifs is 2. The maximum absolute atomic E-state index is 6.31. The van der Waals surface area contributed by atoms with Gasteiger partial charge in [0.2, 0.25) is 0 Å². The van der Waals surface area contributed by atoms with E-state index >= 15 is 0 Å². The van der Waals surface area contributed by atoms with Crippen LogP contribution >= 0.6 is 23.2 Å². The first kappa shape index (κ1) is 13.9. The molecule has 0 aliphatic carbocycles. The molecule has 0 bridgehead atoms. The van der Waals surface area contributed by atoms with Gasteiger partial charge >= 0.3 is 0 Å². The van der Waals surface area contributed by atoms with Crippen molar-refractivity contribution in [3.05, 3.63) is 29.0 Å². The molecule has 112 valence electrons. The van der Waals surface area contributed by atoms with E-state index in [-0.39, 0.29) is 0 Å². The number of piperidine rings is 1. The van der Waals surface area contributed by atoms with Gasteiger partial charge in [0.25, 0.3) is 0 Å². The minimum atomic E-state index is 0.439. The topological polar surface area (TPSA) is 21.1 Å². The van der Waals surface area contributed by atoms with E-state index < -0.39 is 0 Å². The highest BCUT2D eigenvalue weighted by Crippen LogP contribution is 2.38. The van der Waals surface area contributed by atoms with Crippen molar-refractivity contribution in [3.63, 3.8) is 0 Å². The summed E-state index contributed by atoms with van der Waals surface area (Å²) in [7, 11) is 0. The Hall–Kier alpha value is -0.770. The van der Waals surface area contributed by atoms with Crippen molar-refractivity contribution in [1.82, 2.24) is 14.5 Å². The van der Waals surface area contributed by atoms with Crippen LogP contribution < -0.4 is 0 Å². The summed E-state index contributed by atoms with van der Waals surface area (Å²) in [5.41, 5.74) is 2.03. The Morgan fingerprint density at radius 1 is 1.14 bits per heavy atom. The standard InChI is InChI=1S/C16H19Cl2N3/c17-10-15-19-16-11(18)4-3-6-14(16)21(15)13-7-9-20-8-2-1-5-12(13)20/h3-4,6,12-13H,1-2,5,7-10H2. The minimum Gasteiger partial charge on any atom is -0.322 e. The number of alkyl halides is 1. The van der Waals surface area contributed by atoms with Crippen LogP contribution in [0, 0.1) is 0 Å². The molecule has 0 radical (unpaired) electrons. The van der Waals surface area contributed by atoms with Gasteiger partial charge in [-0.2, -0.15) is 0 Å². The Balaban J connectivity index is 1.84. The molecule has 2 aliphatic rings. The molecule has 3 nitrogen and oxygen atoms in total. The van der Waals surface area contributed by atoms with Crippen molar-refractivity contribution in [2.24, 2.45) is 0 Å². The summed E-state index contributed by atoms with van der Waals surface area (Å²) in [4.78, 5) is 7.33. The third kappa shape index (κ3) is 2.18. The number of hydrogen-bond donors (Lipinski definition) is 0. The van der Waals surface area contributed by atoms with Crippen molar-refractivity contribution in [2.75, 3.05) is 13.1 Å². The largest absolute Gasteiger partial charge is 0.322 e. The van der Waals surface area contributed by atoms with Crippen LogP contribution in [0.3, 0.4) is 0 Å². The predicted octanol–water partition coefficient (Wildman–Crippen LogP) is 4.23. The highest BCUT2D eigenvalue weighted by Gasteiger charge is 2.38. The second-order valence-electron chi connectivity index (χ2n) is 6.09. The van der Waals surface area contributed by atoms with Gasteiger partial charge < -0.3 is 4.57 Å². The summed E-state index contributed by atoms with van der Waals surface area (Å²) in [6.07, 6.45) is 5.14. The normalized spacial score (nSPS) is 26.4. The molecular weight excluding hydrogens is 305 g/mol. The van der Waals surface area contributed by atoms with Gasteiger partial charge in [-0.25, -0.2) is 4.98 Å². The van der Waals surface area contributed by atoms with E-state index in [4.69, 9.17) is 28.2 Å². The molecule has 0 amide bonds. The fraction of sp³-hybridized carbons (Fsp3) is 0.562. The molecule has 3 heterocycles. The Kier molecular flexibility index (Phi) is 3.60. The average molecular weight is 324 g/mol. The van der Waals surface area contributed by atoms with E-state index in [2.05, 4.69) is 15.5 Å². The van der Waals surface area contributed by atoms with Crippen molar-refractivity contribution >= 4 is 34.2 Å². The Labute approximate surface area is 134 Å². The van der Waals surface area contributed by atoms with Crippen LogP contribution in [-0.2, 0) is 5.88 Å². The van der Waals surface area contributed by atoms with E-state index in [1.54, 1.807) is 0 Å². The molecular formula is C16H19Cl2N3. The van der Waals surface area contributed by atoms with Crippen molar-refractivity contribution in [2.45, 2.75) is 43.6 Å². The van der Waals surface area contributed by atoms with Crippen LogP contribution in [0.5, 0.6) is 0 Å². The van der Waals surface area contributed by atoms with E-state index in [0.717, 1.165) is 21.9 Å². The smallest absolute Gasteiger partial charge is 0.125 e. The van der Waals surface area contributed by atoms with Crippen molar-refractivity contribution < 1.29 is 0 Å². The van der Waals surface area contributed by atoms with Crippen molar-refractivity contribution in [3.8, 4) is 0 Å². The van der Waals surface area contributed by atoms with Gasteiger partial charge in [-0.05, 0) is 37.9 Å². The fourth-order valence-corrected chi connectivity index (χ4v) is 4.52. The van der Waals surface area contributed by atoms with Gasteiger partial charge in [0.05, 0.1) is 22.5 Å². The molecule has 1 aromatic heterocycles. The molecule has 5 heteroatoms. The zero-order valence-electron chi connectivity index (χ0n) is 11.9. The van der Waals surface area contributed by atoms with Gasteiger partial charge in [-0.3, -0.25) is 4.90 Å². The van der Waals surface area contributed by atoms with Gasteiger partial charge in [0.15, 0.2) is 0 Å². The maximum Gasteiger partial charge on any atom is 0.125 e. The van der Waals surface area contributed by atoms with Crippen LogP contribution in [0.15, 0.2) is 18.2 Å². The molecule has 0 N–H and O–H groups in total. The summed E-state index contributed by atoms with van der Waals surface area (Å²) < 4.78 is 2.37. The minimum absolute atomic E-state index is 0.439. The lowest BCUT2D eigenvalue weighted by Gasteiger charge is -2.33. The molecule has 2 fully saturated rings. The molecule has 2 aromatic rings. The maximum atomic E-state index is 6.31. The zero-order valence-corrected chi connectivity index (χ0v) is 13.4. The van der Waals surface area contributed by atoms with Crippen LogP contribution in [0.4, 0.5) is 0 Å². The predicted molar refractivity (Wildman–Crippen MR) is 87.2 cm³/mol. The first-order valence-corrected chi connectivity index (χ1v) is 8.66. The quantitative estimate of drug-likeness (QED) is 0.771. The molecule has 2 atom stereocenters. The highest BCUT2D eigenvalue weighted by molar-refractivity contribution is 6.35. The number of hydrogen-bond acceptors (Lipinski definition) is 2. The van der Waals surface area contributed by atoms with Gasteiger partial charge in [0.1, 0.15) is 11.3 Å². The van der Waals surface area contributed by atoms with Gasteiger partial charge in [-0.15, -0.1) is 11.6 Å². The number of aromatic nitrogens is 2. The van der Waals surface area contributed by atoms with E-state index in [1.807, 2.05) is 12.1 Å². The van der Waals surface area contributed by atoms with E-state index in [9.17, 15) is 0 Å². The lowest BCUT2D eigenvalue weighted by molar-refractivity contribution is 0.174. The fourth-order valence-electron chi connectivity index (χ4n) is 4.12. The third-order valence-electron chi connectivity index (χ3n) is 5.02. The Morgan fingerprint density at radius 3 is 2.90 bits per heavy atom. The lowest BCUT2D eigenvalue weighted by Crippen LogP contribution is -2.38. The molecule has 21 heavy (non-hydrogen) atoms. The second kappa shape index (κ2) is 5.45. The van der Waals surface area contributed by atoms with E-state index in [0.29, 0.717) is 18.0 Å². The molecule has 2 aliphatic heterocycles. The highest BCUT2D eigenvalue weighted by atomic mass is 35.5. The first-order chi connectivity index (χ1) is 10.3. The van der Waals surface area contributed by atoms with Crippen LogP contribution in [0.1, 0.15) is 37.5 Å². The van der Waals surface area contributed by atoms with Crippen LogP contribution in [0.25, 0.3) is 11.0 Å². The average Bonchev–Trinajstić information content (AvgIpc) is 3.08. The number of halogens is 2. The number of benzene rings is 1. The summed E-state index contributed by atoms with van der Waals surface area (Å²) in [5, 5.41) is 0.719. The number of para-hydroxylation sites is 1. The Bertz CT molecular complexity index is 667. The van der Waals surface area contributed by atoms with E-state index in [1.165, 1.54) is 38.8 Å². The number of nitrogens with zero attached hydrogens (tertiary/aromatic N) is 3. The monoisotopic (exact) mass is 323 g/mol. The second-order valence-corrected chi connectivity index (χ2v) is 6.77. The van der Waals surface area contributed by atoms with Gasteiger partial charge in [0, 0.05) is 12.6 Å². The van der Waals surface area contributed by atoms with Crippen LogP contribution in [0.2, 0.25) is 5.02 Å². The lowest BCUT2D eigenvalue weighted by atomic mass is 9.98. The molecule has 1 aromatic carbocycles. The summed E-state index contributed by atoms with van der Waals surface area (Å²) >= 11 is 12.5. The third-order valence-corrected chi connectivity index (χ3v) is 5.56. The summed E-state index contributed by atoms with van der Waals surface area (Å²) in [5.74, 6) is 1.39. The first-order valence-electron chi connectivity index (χ1n) is 7.75. The zero-order chi connectivity index (χ0) is 14.4. The number of imidazole rings is 1. The number of rotatable bonds is 2. The summed E-state index contributed by atoms with van der Waals surface area (Å²) in [6.45, 7) is 2.43. The van der Waals surface area contributed by atoms with Crippen molar-refractivity contribution in [1.29, 1.82) is 0 Å². The molecule has 2 unspecified atom stereocenters.